The van der Waals surface area contributed by atoms with Crippen LogP contribution in [0, 0.1) is 0 Å². The predicted molar refractivity (Wildman–Crippen MR) is 129 cm³/mol. The van der Waals surface area contributed by atoms with Crippen molar-refractivity contribution in [2.75, 3.05) is 44.3 Å². The molecule has 2 atom stereocenters. The maximum atomic E-state index is 12.9. The van der Waals surface area contributed by atoms with Crippen molar-refractivity contribution in [2.45, 2.75) is 25.6 Å². The number of carbonyl (C=O) groups excluding carboxylic acids is 2. The molecule has 1 amide bonds. The number of anilines is 1. The molecule has 0 saturated heterocycles. The van der Waals surface area contributed by atoms with E-state index < -0.39 is 24.3 Å². The highest BCUT2D eigenvalue weighted by molar-refractivity contribution is 7.81. The normalized spacial score (nSPS) is 13.6. The minimum atomic E-state index is -0.851. The zero-order valence-corrected chi connectivity index (χ0v) is 20.2. The van der Waals surface area contributed by atoms with Crippen molar-refractivity contribution in [1.29, 1.82) is 0 Å². The van der Waals surface area contributed by atoms with Crippen molar-refractivity contribution >= 4 is 30.4 Å². The molecule has 3 rings (SSSR count). The van der Waals surface area contributed by atoms with Gasteiger partial charge < -0.3 is 33.5 Å². The van der Waals surface area contributed by atoms with E-state index in [4.69, 9.17) is 33.5 Å². The molecule has 35 heavy (non-hydrogen) atoms. The third-order valence-corrected chi connectivity index (χ3v) is 5.17. The maximum Gasteiger partial charge on any atom is 0.412 e. The fraction of sp³-hybridized carbons (Fsp3) is 0.417. The molecule has 190 valence electrons. The molecular formula is C24H29NO9S. The molecule has 1 aliphatic heterocycles. The SMILES string of the molecule is CCO[C@H](CCOC(=O)CS)[C@H](OC(=O)Nc1ccc2c(c1)OCO2)c1cccc(OCCO)c1. The minimum absolute atomic E-state index is 0.0403. The average Bonchev–Trinajstić information content (AvgIpc) is 3.33. The standard InChI is InChI=1S/C24H29NO9S/c1-2-29-20(8-10-31-22(27)14-35)23(16-4-3-5-18(12-16)30-11-9-26)34-24(28)25-17-6-7-19-21(13-17)33-15-32-19/h3-7,12-13,20,23,26,35H,2,8-11,14-15H2,1H3,(H,25,28)/t20-,23-/m1/s1. The summed E-state index contributed by atoms with van der Waals surface area (Å²) in [6.07, 6.45) is -1.91. The van der Waals surface area contributed by atoms with Gasteiger partial charge in [-0.05, 0) is 36.8 Å². The Balaban J connectivity index is 1.78. The van der Waals surface area contributed by atoms with Crippen molar-refractivity contribution in [1.82, 2.24) is 0 Å². The van der Waals surface area contributed by atoms with Gasteiger partial charge in [-0.2, -0.15) is 12.6 Å². The highest BCUT2D eigenvalue weighted by Crippen LogP contribution is 2.35. The number of rotatable bonds is 13. The lowest BCUT2D eigenvalue weighted by molar-refractivity contribution is -0.142. The number of ether oxygens (including phenoxy) is 6. The Bertz CT molecular complexity index is 987. The zero-order valence-electron chi connectivity index (χ0n) is 19.3. The summed E-state index contributed by atoms with van der Waals surface area (Å²) in [5.74, 6) is 1.11. The first kappa shape index (κ1) is 26.5. The predicted octanol–water partition coefficient (Wildman–Crippen LogP) is 3.34. The number of benzene rings is 2. The van der Waals surface area contributed by atoms with Crippen molar-refractivity contribution in [3.05, 3.63) is 48.0 Å². The number of esters is 1. The Labute approximate surface area is 208 Å². The molecule has 2 aromatic rings. The van der Waals surface area contributed by atoms with Gasteiger partial charge in [0, 0.05) is 24.8 Å². The van der Waals surface area contributed by atoms with E-state index in [1.54, 1.807) is 42.5 Å². The molecule has 1 heterocycles. The molecule has 0 spiro atoms. The number of hydrogen-bond donors (Lipinski definition) is 3. The summed E-state index contributed by atoms with van der Waals surface area (Å²) >= 11 is 3.90. The number of aliphatic hydroxyl groups excluding tert-OH is 1. The second kappa shape index (κ2) is 13.7. The van der Waals surface area contributed by atoms with E-state index in [0.29, 0.717) is 35.1 Å². The molecule has 0 fully saturated rings. The van der Waals surface area contributed by atoms with Gasteiger partial charge in [0.2, 0.25) is 6.79 Å². The molecule has 0 aromatic heterocycles. The van der Waals surface area contributed by atoms with Crippen LogP contribution in [-0.2, 0) is 19.0 Å². The van der Waals surface area contributed by atoms with E-state index >= 15 is 0 Å². The van der Waals surface area contributed by atoms with Crippen molar-refractivity contribution in [3.63, 3.8) is 0 Å². The van der Waals surface area contributed by atoms with Gasteiger partial charge in [-0.1, -0.05) is 12.1 Å². The Morgan fingerprint density at radius 1 is 1.14 bits per heavy atom. The molecule has 11 heteroatoms. The maximum absolute atomic E-state index is 12.9. The number of fused-ring (bicyclic) bond motifs is 1. The summed E-state index contributed by atoms with van der Waals surface area (Å²) < 4.78 is 33.0. The highest BCUT2D eigenvalue weighted by atomic mass is 32.1. The van der Waals surface area contributed by atoms with Gasteiger partial charge in [-0.25, -0.2) is 4.79 Å². The van der Waals surface area contributed by atoms with E-state index in [0.717, 1.165) is 0 Å². The van der Waals surface area contributed by atoms with E-state index in [9.17, 15) is 9.59 Å². The Morgan fingerprint density at radius 2 is 1.97 bits per heavy atom. The zero-order chi connectivity index (χ0) is 25.0. The minimum Gasteiger partial charge on any atom is -0.491 e. The second-order valence-electron chi connectivity index (χ2n) is 7.32. The summed E-state index contributed by atoms with van der Waals surface area (Å²) in [4.78, 5) is 24.4. The Morgan fingerprint density at radius 3 is 2.74 bits per heavy atom. The summed E-state index contributed by atoms with van der Waals surface area (Å²) in [6.45, 7) is 2.32. The van der Waals surface area contributed by atoms with Gasteiger partial charge in [0.15, 0.2) is 17.6 Å². The van der Waals surface area contributed by atoms with Gasteiger partial charge in [0.1, 0.15) is 18.5 Å². The third-order valence-electron chi connectivity index (χ3n) is 4.91. The van der Waals surface area contributed by atoms with Crippen LogP contribution in [0.1, 0.15) is 25.0 Å². The van der Waals surface area contributed by atoms with Gasteiger partial charge >= 0.3 is 12.1 Å². The second-order valence-corrected chi connectivity index (χ2v) is 7.64. The molecule has 1 aliphatic rings. The van der Waals surface area contributed by atoms with Crippen LogP contribution >= 0.6 is 12.6 Å². The van der Waals surface area contributed by atoms with Crippen LogP contribution in [0.15, 0.2) is 42.5 Å². The van der Waals surface area contributed by atoms with Crippen LogP contribution < -0.4 is 19.5 Å². The lowest BCUT2D eigenvalue weighted by atomic mass is 10.0. The van der Waals surface area contributed by atoms with Crippen LogP contribution in [0.4, 0.5) is 10.5 Å². The average molecular weight is 508 g/mol. The van der Waals surface area contributed by atoms with Gasteiger partial charge in [0.05, 0.1) is 19.0 Å². The number of thiol groups is 1. The van der Waals surface area contributed by atoms with Gasteiger partial charge in [-0.3, -0.25) is 10.1 Å². The Kier molecular flexibility index (Phi) is 10.3. The molecule has 2 N–H and O–H groups in total. The van der Waals surface area contributed by atoms with Crippen molar-refractivity contribution in [3.8, 4) is 17.2 Å². The molecule has 0 saturated carbocycles. The number of carbonyl (C=O) groups is 2. The monoisotopic (exact) mass is 507 g/mol. The van der Waals surface area contributed by atoms with Crippen molar-refractivity contribution < 1.29 is 43.1 Å². The summed E-state index contributed by atoms with van der Waals surface area (Å²) in [5, 5.41) is 11.7. The lowest BCUT2D eigenvalue weighted by Crippen LogP contribution is -2.30. The first-order valence-electron chi connectivity index (χ1n) is 11.1. The van der Waals surface area contributed by atoms with Crippen LogP contribution in [0.25, 0.3) is 0 Å². The molecule has 2 aromatic carbocycles. The summed E-state index contributed by atoms with van der Waals surface area (Å²) in [7, 11) is 0. The largest absolute Gasteiger partial charge is 0.491 e. The van der Waals surface area contributed by atoms with E-state index in [-0.39, 0.29) is 38.8 Å². The number of aliphatic hydroxyl groups is 1. The van der Waals surface area contributed by atoms with Crippen LogP contribution in [-0.4, -0.2) is 62.2 Å². The first-order chi connectivity index (χ1) is 17.0. The van der Waals surface area contributed by atoms with Crippen LogP contribution in [0.3, 0.4) is 0 Å². The van der Waals surface area contributed by atoms with Crippen LogP contribution in [0.5, 0.6) is 17.2 Å². The third kappa shape index (κ3) is 7.94. The Hall–Kier alpha value is -3.15. The first-order valence-corrected chi connectivity index (χ1v) is 11.8. The van der Waals surface area contributed by atoms with E-state index in [1.807, 2.05) is 6.92 Å². The molecule has 0 unspecified atom stereocenters. The molecule has 0 bridgehead atoms. The summed E-state index contributed by atoms with van der Waals surface area (Å²) in [5.41, 5.74) is 1.08. The number of hydrogen-bond acceptors (Lipinski definition) is 10. The summed E-state index contributed by atoms with van der Waals surface area (Å²) in [6, 6.07) is 12.0. The molecule has 0 aliphatic carbocycles. The molecular weight excluding hydrogens is 478 g/mol. The van der Waals surface area contributed by atoms with Gasteiger partial charge in [-0.15, -0.1) is 0 Å². The number of amides is 1. The fourth-order valence-electron chi connectivity index (χ4n) is 3.41. The number of nitrogens with one attached hydrogen (secondary N) is 1. The van der Waals surface area contributed by atoms with Crippen LogP contribution in [0.2, 0.25) is 0 Å². The van der Waals surface area contributed by atoms with E-state index in [1.165, 1.54) is 0 Å². The fourth-order valence-corrected chi connectivity index (χ4v) is 3.50. The molecule has 0 radical (unpaired) electrons. The smallest absolute Gasteiger partial charge is 0.412 e. The topological polar surface area (TPSA) is 122 Å². The highest BCUT2D eigenvalue weighted by Gasteiger charge is 2.29. The quantitative estimate of drug-likeness (QED) is 0.277. The van der Waals surface area contributed by atoms with Gasteiger partial charge in [0.25, 0.3) is 0 Å². The van der Waals surface area contributed by atoms with E-state index in [2.05, 4.69) is 17.9 Å². The molecule has 10 nitrogen and oxygen atoms in total. The van der Waals surface area contributed by atoms with Crippen molar-refractivity contribution in [2.24, 2.45) is 0 Å². The lowest BCUT2D eigenvalue weighted by Gasteiger charge is -2.27.